The zero-order chi connectivity index (χ0) is 16.7. The van der Waals surface area contributed by atoms with E-state index in [1.54, 1.807) is 18.2 Å². The van der Waals surface area contributed by atoms with Crippen molar-refractivity contribution in [2.24, 2.45) is 5.92 Å². The van der Waals surface area contributed by atoms with Crippen LogP contribution in [0.15, 0.2) is 22.7 Å². The number of hydrogen-bond acceptors (Lipinski definition) is 4. The van der Waals surface area contributed by atoms with Gasteiger partial charge in [-0.05, 0) is 24.1 Å². The molecule has 0 aliphatic heterocycles. The summed E-state index contributed by atoms with van der Waals surface area (Å²) in [6, 6.07) is 4.40. The highest BCUT2D eigenvalue weighted by atomic mass is 79.9. The second-order valence-corrected chi connectivity index (χ2v) is 6.14. The van der Waals surface area contributed by atoms with Crippen molar-refractivity contribution in [3.05, 3.63) is 27.7 Å². The van der Waals surface area contributed by atoms with Gasteiger partial charge < -0.3 is 14.8 Å². The van der Waals surface area contributed by atoms with Crippen LogP contribution in [0, 0.1) is 5.92 Å². The molecule has 0 aliphatic carbocycles. The Labute approximate surface area is 143 Å². The number of halogens is 2. The Kier molecular flexibility index (Phi) is 7.68. The minimum absolute atomic E-state index is 0.0346. The predicted octanol–water partition coefficient (Wildman–Crippen LogP) is 3.19. The smallest absolute Gasteiger partial charge is 0.328 e. The fourth-order valence-corrected chi connectivity index (χ4v) is 2.47. The second kappa shape index (κ2) is 9.00. The molecule has 0 aromatic heterocycles. The summed E-state index contributed by atoms with van der Waals surface area (Å²) in [6.45, 7) is 3.57. The van der Waals surface area contributed by atoms with E-state index in [9.17, 15) is 9.59 Å². The minimum atomic E-state index is -0.688. The highest BCUT2D eigenvalue weighted by Gasteiger charge is 2.26. The maximum absolute atomic E-state index is 11.9. The fraction of sp³-hybridized carbons (Fsp3) is 0.467. The van der Waals surface area contributed by atoms with Gasteiger partial charge in [-0.15, -0.1) is 0 Å². The third kappa shape index (κ3) is 5.50. The van der Waals surface area contributed by atoms with Crippen molar-refractivity contribution in [1.29, 1.82) is 0 Å². The van der Waals surface area contributed by atoms with Crippen LogP contribution in [-0.2, 0) is 14.3 Å². The van der Waals surface area contributed by atoms with Crippen LogP contribution in [0.25, 0.3) is 0 Å². The molecule has 1 amide bonds. The number of nitrogens with one attached hydrogen (secondary N) is 1. The van der Waals surface area contributed by atoms with E-state index < -0.39 is 17.9 Å². The van der Waals surface area contributed by atoms with Gasteiger partial charge in [-0.3, -0.25) is 4.79 Å². The lowest BCUT2D eigenvalue weighted by atomic mass is 9.99. The van der Waals surface area contributed by atoms with E-state index in [1.165, 1.54) is 7.11 Å². The van der Waals surface area contributed by atoms with Crippen molar-refractivity contribution in [1.82, 2.24) is 5.32 Å². The van der Waals surface area contributed by atoms with Gasteiger partial charge in [0, 0.05) is 4.47 Å². The van der Waals surface area contributed by atoms with Crippen LogP contribution >= 0.6 is 27.5 Å². The Hall–Kier alpha value is -1.27. The average molecular weight is 393 g/mol. The van der Waals surface area contributed by atoms with Crippen LogP contribution in [0.1, 0.15) is 20.3 Å². The summed E-state index contributed by atoms with van der Waals surface area (Å²) in [5.41, 5.74) is 0. The summed E-state index contributed by atoms with van der Waals surface area (Å²) < 4.78 is 10.9. The number of hydrogen-bond donors (Lipinski definition) is 1. The van der Waals surface area contributed by atoms with E-state index in [0.29, 0.717) is 10.8 Å². The molecular formula is C15H19BrClNO4. The van der Waals surface area contributed by atoms with Gasteiger partial charge in [-0.1, -0.05) is 47.8 Å². The molecule has 7 heteroatoms. The molecule has 5 nitrogen and oxygen atoms in total. The van der Waals surface area contributed by atoms with Crippen molar-refractivity contribution in [3.8, 4) is 5.75 Å². The molecule has 0 unspecified atom stereocenters. The standard InChI is InChI=1S/C15H19BrClNO4/c1-4-9(2)14(15(20)21-3)18-13(19)8-22-12-6-5-10(16)7-11(12)17/h5-7,9,14H,4,8H2,1-3H3,(H,18,19)/t9-,14-/m0/s1. The maximum Gasteiger partial charge on any atom is 0.328 e. The van der Waals surface area contributed by atoms with Crippen LogP contribution in [-0.4, -0.2) is 31.6 Å². The first-order valence-corrected chi connectivity index (χ1v) is 8.01. The number of benzene rings is 1. The zero-order valence-electron chi connectivity index (χ0n) is 12.7. The number of esters is 1. The topological polar surface area (TPSA) is 64.6 Å². The highest BCUT2D eigenvalue weighted by molar-refractivity contribution is 9.10. The van der Waals surface area contributed by atoms with E-state index in [0.717, 1.165) is 10.9 Å². The summed E-state index contributed by atoms with van der Waals surface area (Å²) >= 11 is 9.29. The molecule has 0 heterocycles. The third-order valence-electron chi connectivity index (χ3n) is 3.24. The van der Waals surface area contributed by atoms with Gasteiger partial charge in [-0.25, -0.2) is 4.79 Å². The van der Waals surface area contributed by atoms with Gasteiger partial charge in [-0.2, -0.15) is 0 Å². The quantitative estimate of drug-likeness (QED) is 0.724. The molecule has 0 saturated heterocycles. The maximum atomic E-state index is 11.9. The van der Waals surface area contributed by atoms with Crippen molar-refractivity contribution >= 4 is 39.4 Å². The second-order valence-electron chi connectivity index (χ2n) is 4.82. The highest BCUT2D eigenvalue weighted by Crippen LogP contribution is 2.27. The van der Waals surface area contributed by atoms with E-state index in [-0.39, 0.29) is 12.5 Å². The number of carbonyl (C=O) groups excluding carboxylic acids is 2. The number of amides is 1. The van der Waals surface area contributed by atoms with Crippen LogP contribution in [0.3, 0.4) is 0 Å². The number of methoxy groups -OCH3 is 1. The first-order chi connectivity index (χ1) is 10.4. The Morgan fingerprint density at radius 2 is 2.09 bits per heavy atom. The van der Waals surface area contributed by atoms with Gasteiger partial charge in [0.25, 0.3) is 5.91 Å². The summed E-state index contributed by atoms with van der Waals surface area (Å²) in [5.74, 6) is -0.509. The molecule has 0 spiro atoms. The van der Waals surface area contributed by atoms with Gasteiger partial charge in [0.2, 0.25) is 0 Å². The van der Waals surface area contributed by atoms with Gasteiger partial charge in [0.15, 0.2) is 6.61 Å². The summed E-state index contributed by atoms with van der Waals surface area (Å²) in [4.78, 5) is 23.7. The monoisotopic (exact) mass is 391 g/mol. The first kappa shape index (κ1) is 18.8. The number of rotatable bonds is 7. The molecule has 2 atom stereocenters. The largest absolute Gasteiger partial charge is 0.482 e. The Balaban J connectivity index is 2.62. The number of ether oxygens (including phenoxy) is 2. The molecule has 0 aliphatic rings. The van der Waals surface area contributed by atoms with Crippen molar-refractivity contribution in [3.63, 3.8) is 0 Å². The Morgan fingerprint density at radius 1 is 1.41 bits per heavy atom. The zero-order valence-corrected chi connectivity index (χ0v) is 15.0. The normalized spacial score (nSPS) is 13.1. The molecule has 0 saturated carbocycles. The van der Waals surface area contributed by atoms with Crippen molar-refractivity contribution < 1.29 is 19.1 Å². The molecule has 1 aromatic carbocycles. The SMILES string of the molecule is CC[C@H](C)[C@H](NC(=O)COc1ccc(Br)cc1Cl)C(=O)OC. The lowest BCUT2D eigenvalue weighted by molar-refractivity contribution is -0.146. The average Bonchev–Trinajstić information content (AvgIpc) is 2.50. The summed E-state index contributed by atoms with van der Waals surface area (Å²) in [6.07, 6.45) is 0.736. The molecule has 22 heavy (non-hydrogen) atoms. The van der Waals surface area contributed by atoms with Crippen LogP contribution in [0.4, 0.5) is 0 Å². The van der Waals surface area contributed by atoms with E-state index in [4.69, 9.17) is 21.1 Å². The molecule has 0 radical (unpaired) electrons. The van der Waals surface area contributed by atoms with Crippen LogP contribution in [0.2, 0.25) is 5.02 Å². The molecule has 0 bridgehead atoms. The first-order valence-electron chi connectivity index (χ1n) is 6.84. The van der Waals surface area contributed by atoms with Gasteiger partial charge in [0.1, 0.15) is 11.8 Å². The van der Waals surface area contributed by atoms with E-state index in [1.807, 2.05) is 13.8 Å². The minimum Gasteiger partial charge on any atom is -0.482 e. The molecular weight excluding hydrogens is 374 g/mol. The lowest BCUT2D eigenvalue weighted by Gasteiger charge is -2.21. The van der Waals surface area contributed by atoms with Crippen molar-refractivity contribution in [2.45, 2.75) is 26.3 Å². The number of carbonyl (C=O) groups is 2. The van der Waals surface area contributed by atoms with Gasteiger partial charge in [0.05, 0.1) is 12.1 Å². The molecule has 1 N–H and O–H groups in total. The summed E-state index contributed by atoms with van der Waals surface area (Å²) in [7, 11) is 1.29. The molecule has 1 rings (SSSR count). The predicted molar refractivity (Wildman–Crippen MR) is 88.0 cm³/mol. The fourth-order valence-electron chi connectivity index (χ4n) is 1.75. The van der Waals surface area contributed by atoms with Crippen LogP contribution < -0.4 is 10.1 Å². The lowest BCUT2D eigenvalue weighted by Crippen LogP contribution is -2.47. The summed E-state index contributed by atoms with van der Waals surface area (Å²) in [5, 5.41) is 3.03. The molecule has 1 aromatic rings. The van der Waals surface area contributed by atoms with Crippen LogP contribution in [0.5, 0.6) is 5.75 Å². The Bertz CT molecular complexity index is 538. The third-order valence-corrected chi connectivity index (χ3v) is 4.03. The van der Waals surface area contributed by atoms with Gasteiger partial charge >= 0.3 is 5.97 Å². The Morgan fingerprint density at radius 3 is 2.64 bits per heavy atom. The van der Waals surface area contributed by atoms with E-state index >= 15 is 0 Å². The molecule has 0 fully saturated rings. The van der Waals surface area contributed by atoms with E-state index in [2.05, 4.69) is 21.2 Å². The molecule has 122 valence electrons. The van der Waals surface area contributed by atoms with Crippen molar-refractivity contribution in [2.75, 3.05) is 13.7 Å².